The molecule has 64 heavy (non-hydrogen) atoms. The lowest BCUT2D eigenvalue weighted by Gasteiger charge is -2.36. The Morgan fingerprint density at radius 3 is 1.36 bits per heavy atom. The van der Waals surface area contributed by atoms with E-state index in [1.54, 1.807) is 27.9 Å². The molecule has 2 aliphatic rings. The van der Waals surface area contributed by atoms with Crippen molar-refractivity contribution in [2.75, 3.05) is 27.2 Å². The van der Waals surface area contributed by atoms with Gasteiger partial charge in [-0.2, -0.15) is 0 Å². The van der Waals surface area contributed by atoms with Crippen LogP contribution in [0.25, 0.3) is 21.8 Å². The Balaban J connectivity index is 1.13. The molecule has 0 aliphatic carbocycles. The first-order valence-electron chi connectivity index (χ1n) is 23.1. The third-order valence-electron chi connectivity index (χ3n) is 13.2. The minimum absolute atomic E-state index is 0.0239. The van der Waals surface area contributed by atoms with E-state index in [1.807, 2.05) is 63.5 Å². The van der Waals surface area contributed by atoms with Crippen molar-refractivity contribution in [2.24, 2.45) is 10.8 Å². The zero-order valence-electron chi connectivity index (χ0n) is 39.7. The van der Waals surface area contributed by atoms with Gasteiger partial charge in [-0.05, 0) is 112 Å². The molecule has 6 rings (SSSR count). The number of hydrogen-bond donors (Lipinski definition) is 4. The van der Waals surface area contributed by atoms with Gasteiger partial charge in [0.25, 0.3) is 0 Å². The highest BCUT2D eigenvalue weighted by Gasteiger charge is 2.42. The number of nitrogens with zero attached hydrogens (tertiary/aromatic N) is 4. The first-order valence-corrected chi connectivity index (χ1v) is 23.1. The van der Waals surface area contributed by atoms with E-state index in [-0.39, 0.29) is 35.7 Å². The number of carbonyl (C=O) groups is 4. The van der Waals surface area contributed by atoms with Crippen LogP contribution in [-0.4, -0.2) is 106 Å². The van der Waals surface area contributed by atoms with E-state index in [4.69, 9.17) is 0 Å². The van der Waals surface area contributed by atoms with Crippen LogP contribution in [0.4, 0.5) is 0 Å². The number of para-hydroxylation sites is 2. The summed E-state index contributed by atoms with van der Waals surface area (Å²) in [6.07, 6.45) is 9.44. The molecule has 0 saturated carbocycles. The normalized spacial score (nSPS) is 18.5. The number of benzene rings is 2. The number of likely N-dealkylation sites (tertiary alicyclic amines) is 2. The number of rotatable bonds is 14. The van der Waals surface area contributed by atoms with Crippen LogP contribution in [-0.2, 0) is 45.1 Å². The van der Waals surface area contributed by atoms with Gasteiger partial charge in [0.1, 0.15) is 12.1 Å². The summed E-state index contributed by atoms with van der Waals surface area (Å²) in [6, 6.07) is 14.7. The molecule has 4 aromatic rings. The van der Waals surface area contributed by atoms with Gasteiger partial charge in [0.05, 0.1) is 25.2 Å². The number of amides is 4. The predicted octanol–water partition coefficient (Wildman–Crippen LogP) is 5.65. The third kappa shape index (κ3) is 11.0. The maximum absolute atomic E-state index is 14.1. The van der Waals surface area contributed by atoms with Gasteiger partial charge < -0.3 is 40.2 Å². The second kappa shape index (κ2) is 20.5. The first kappa shape index (κ1) is 47.9. The summed E-state index contributed by atoms with van der Waals surface area (Å²) in [5.74, 6) is 12.3. The minimum Gasteiger partial charge on any atom is -0.342 e. The fourth-order valence-electron chi connectivity index (χ4n) is 9.18. The standard InChI is InChI=1S/C52H70N8O4/c1-35(53-9)47(61)55-45(51(3,4)5)49(63)59-29-19-21-39(59)31-37-33-57(43-25-15-13-23-41(37)43)27-17-11-12-18-28-58-34-38(42-24-14-16-26-44(42)58)32-40-22-20-30-60(40)50(64)46(52(6,7)8)56-48(62)36(2)54-10/h13-16,23-26,33-36,39-40,45-46,53-54H,19-22,27-32H2,1-10H3,(H,55,61)(H,56,62)/t35-,36-,39-,40-,45+,46+/m0/s1. The number of likely N-dealkylation sites (N-methyl/N-ethyl adjacent to an activating group) is 2. The number of aromatic nitrogens is 2. The molecule has 2 saturated heterocycles. The average molecular weight is 871 g/mol. The molecule has 0 bridgehead atoms. The van der Waals surface area contributed by atoms with Gasteiger partial charge in [-0.3, -0.25) is 19.2 Å². The monoisotopic (exact) mass is 871 g/mol. The molecule has 342 valence electrons. The second-order valence-corrected chi connectivity index (χ2v) is 19.9. The van der Waals surface area contributed by atoms with Crippen LogP contribution in [0, 0.1) is 34.5 Å². The van der Waals surface area contributed by atoms with Crippen LogP contribution in [0.3, 0.4) is 0 Å². The second-order valence-electron chi connectivity index (χ2n) is 19.9. The van der Waals surface area contributed by atoms with Gasteiger partial charge >= 0.3 is 0 Å². The van der Waals surface area contributed by atoms with Crippen molar-refractivity contribution in [1.29, 1.82) is 0 Å². The molecule has 2 aliphatic heterocycles. The molecule has 4 heterocycles. The van der Waals surface area contributed by atoms with Crippen LogP contribution in [0.1, 0.15) is 92.2 Å². The lowest BCUT2D eigenvalue weighted by molar-refractivity contribution is -0.140. The molecule has 0 spiro atoms. The Morgan fingerprint density at radius 1 is 0.625 bits per heavy atom. The van der Waals surface area contributed by atoms with E-state index in [9.17, 15) is 19.2 Å². The minimum atomic E-state index is -0.630. The highest BCUT2D eigenvalue weighted by Crippen LogP contribution is 2.32. The van der Waals surface area contributed by atoms with Crippen LogP contribution in [0.2, 0.25) is 0 Å². The van der Waals surface area contributed by atoms with E-state index in [2.05, 4.69) is 103 Å². The molecule has 6 atom stereocenters. The number of hydrogen-bond acceptors (Lipinski definition) is 6. The van der Waals surface area contributed by atoms with Gasteiger partial charge in [0.15, 0.2) is 0 Å². The largest absolute Gasteiger partial charge is 0.342 e. The van der Waals surface area contributed by atoms with Crippen LogP contribution in [0.5, 0.6) is 0 Å². The zero-order chi connectivity index (χ0) is 46.3. The Labute approximate surface area is 380 Å². The van der Waals surface area contributed by atoms with Crippen molar-refractivity contribution in [2.45, 2.75) is 143 Å². The molecule has 2 aromatic carbocycles. The first-order chi connectivity index (χ1) is 30.4. The Morgan fingerprint density at radius 2 is 1.00 bits per heavy atom. The van der Waals surface area contributed by atoms with E-state index in [0.717, 1.165) is 60.3 Å². The van der Waals surface area contributed by atoms with E-state index < -0.39 is 35.0 Å². The third-order valence-corrected chi connectivity index (χ3v) is 13.2. The highest BCUT2D eigenvalue weighted by atomic mass is 16.2. The Kier molecular flexibility index (Phi) is 15.4. The summed E-state index contributed by atoms with van der Waals surface area (Å²) in [5.41, 5.74) is 3.63. The summed E-state index contributed by atoms with van der Waals surface area (Å²) in [5, 5.41) is 14.3. The fourth-order valence-corrected chi connectivity index (χ4v) is 9.18. The predicted molar refractivity (Wildman–Crippen MR) is 256 cm³/mol. The molecule has 4 N–H and O–H groups in total. The highest BCUT2D eigenvalue weighted by molar-refractivity contribution is 5.92. The molecule has 12 heteroatoms. The fraction of sp³-hybridized carbons (Fsp3) is 0.538. The van der Waals surface area contributed by atoms with Crippen LogP contribution < -0.4 is 21.3 Å². The van der Waals surface area contributed by atoms with Gasteiger partial charge in [0.2, 0.25) is 23.6 Å². The summed E-state index contributed by atoms with van der Waals surface area (Å²) in [7, 11) is 3.48. The zero-order valence-corrected chi connectivity index (χ0v) is 39.7. The number of carbonyl (C=O) groups excluding carboxylic acids is 4. The topological polar surface area (TPSA) is 133 Å². The molecule has 4 amide bonds. The summed E-state index contributed by atoms with van der Waals surface area (Å²) in [6.45, 7) is 17.9. The summed E-state index contributed by atoms with van der Waals surface area (Å²) >= 11 is 0. The number of fused-ring (bicyclic) bond motifs is 2. The molecule has 0 radical (unpaired) electrons. The SMILES string of the molecule is CN[C@@H](C)C(=O)N[C@H](C(=O)N1CCC[C@H]1Cc1cn(CC#CC#CCn2cc(C[C@@H]3CCCN3C(=O)[C@@H](NC(=O)[C@H](C)NC)C(C)(C)C)c3ccccc32)c2ccccc12)C(C)(C)C. The van der Waals surface area contributed by atoms with Crippen LogP contribution in [0.15, 0.2) is 60.9 Å². The van der Waals surface area contributed by atoms with Crippen molar-refractivity contribution < 1.29 is 19.2 Å². The van der Waals surface area contributed by atoms with Crippen LogP contribution >= 0.6 is 0 Å². The van der Waals surface area contributed by atoms with Crippen molar-refractivity contribution in [3.05, 3.63) is 72.1 Å². The summed E-state index contributed by atoms with van der Waals surface area (Å²) in [4.78, 5) is 58.0. The maximum atomic E-state index is 14.1. The molecular formula is C52H70N8O4. The van der Waals surface area contributed by atoms with E-state index in [1.165, 1.54) is 11.1 Å². The van der Waals surface area contributed by atoms with E-state index in [0.29, 0.717) is 26.2 Å². The quantitative estimate of drug-likeness (QED) is 0.121. The molecule has 2 aromatic heterocycles. The lowest BCUT2D eigenvalue weighted by atomic mass is 9.85. The van der Waals surface area contributed by atoms with Crippen molar-refractivity contribution in [1.82, 2.24) is 40.2 Å². The van der Waals surface area contributed by atoms with Gasteiger partial charge in [0, 0.05) is 59.4 Å². The van der Waals surface area contributed by atoms with Gasteiger partial charge in [-0.1, -0.05) is 89.8 Å². The molecular weight excluding hydrogens is 801 g/mol. The van der Waals surface area contributed by atoms with Crippen molar-refractivity contribution in [3.63, 3.8) is 0 Å². The van der Waals surface area contributed by atoms with E-state index >= 15 is 0 Å². The van der Waals surface area contributed by atoms with Gasteiger partial charge in [-0.15, -0.1) is 0 Å². The van der Waals surface area contributed by atoms with Crippen molar-refractivity contribution in [3.8, 4) is 23.7 Å². The maximum Gasteiger partial charge on any atom is 0.245 e. The molecule has 0 unspecified atom stereocenters. The lowest BCUT2D eigenvalue weighted by Crippen LogP contribution is -2.58. The van der Waals surface area contributed by atoms with Crippen molar-refractivity contribution >= 4 is 45.4 Å². The Hall–Kier alpha value is -5.56. The molecule has 12 nitrogen and oxygen atoms in total. The molecule has 2 fully saturated rings. The average Bonchev–Trinajstić information content (AvgIpc) is 4.08. The summed E-state index contributed by atoms with van der Waals surface area (Å²) < 4.78 is 4.34. The smallest absolute Gasteiger partial charge is 0.245 e. The number of nitrogens with one attached hydrogen (secondary N) is 4. The van der Waals surface area contributed by atoms with Gasteiger partial charge in [-0.25, -0.2) is 0 Å². The Bertz CT molecular complexity index is 2280.